The zero-order chi connectivity index (χ0) is 18.3. The first-order valence-electron chi connectivity index (χ1n) is 7.11. The normalized spacial score (nSPS) is 11.0. The van der Waals surface area contributed by atoms with E-state index in [4.69, 9.17) is 21.7 Å². The van der Waals surface area contributed by atoms with Crippen LogP contribution in [0.1, 0.15) is 5.69 Å². The van der Waals surface area contributed by atoms with E-state index in [-0.39, 0.29) is 16.9 Å². The Kier molecular flexibility index (Phi) is 6.48. The van der Waals surface area contributed by atoms with Crippen molar-refractivity contribution in [1.82, 2.24) is 15.3 Å². The number of halogens is 3. The summed E-state index contributed by atoms with van der Waals surface area (Å²) in [6.07, 6.45) is -4.65. The third-order valence-electron chi connectivity index (χ3n) is 2.78. The summed E-state index contributed by atoms with van der Waals surface area (Å²) >= 11 is 4.98. The van der Waals surface area contributed by atoms with Crippen LogP contribution >= 0.6 is 12.2 Å². The van der Waals surface area contributed by atoms with Gasteiger partial charge in [-0.2, -0.15) is 18.2 Å². The molecule has 0 aliphatic heterocycles. The summed E-state index contributed by atoms with van der Waals surface area (Å²) in [5.41, 5.74) is -1.14. The van der Waals surface area contributed by atoms with Gasteiger partial charge in [0.15, 0.2) is 10.8 Å². The molecule has 10 heteroatoms. The maximum atomic E-state index is 13.0. The highest BCUT2D eigenvalue weighted by atomic mass is 32.1. The van der Waals surface area contributed by atoms with Crippen LogP contribution in [0.5, 0.6) is 11.6 Å². The highest BCUT2D eigenvalue weighted by Crippen LogP contribution is 2.31. The van der Waals surface area contributed by atoms with Crippen LogP contribution in [0.25, 0.3) is 0 Å². The molecule has 6 nitrogen and oxygen atoms in total. The number of methoxy groups -OCH3 is 1. The third kappa shape index (κ3) is 6.16. The molecule has 2 aromatic rings. The second-order valence-corrected chi connectivity index (χ2v) is 5.11. The van der Waals surface area contributed by atoms with E-state index in [2.05, 4.69) is 20.6 Å². The van der Waals surface area contributed by atoms with Crippen LogP contribution in [0.15, 0.2) is 36.4 Å². The number of anilines is 1. The van der Waals surface area contributed by atoms with E-state index >= 15 is 0 Å². The molecule has 0 fully saturated rings. The third-order valence-corrected chi connectivity index (χ3v) is 3.02. The Balaban J connectivity index is 2.20. The fraction of sp³-hybridized carbons (Fsp3) is 0.267. The Morgan fingerprint density at radius 3 is 2.56 bits per heavy atom. The number of rotatable bonds is 6. The Morgan fingerprint density at radius 2 is 1.92 bits per heavy atom. The van der Waals surface area contributed by atoms with Crippen LogP contribution in [0.4, 0.5) is 19.1 Å². The lowest BCUT2D eigenvalue weighted by atomic mass is 10.3. The number of aromatic nitrogens is 2. The van der Waals surface area contributed by atoms with Crippen LogP contribution in [0.2, 0.25) is 0 Å². The highest BCUT2D eigenvalue weighted by Gasteiger charge is 2.34. The molecule has 2 rings (SSSR count). The molecule has 134 valence electrons. The zero-order valence-electron chi connectivity index (χ0n) is 13.1. The molecule has 0 saturated heterocycles. The van der Waals surface area contributed by atoms with Gasteiger partial charge < -0.3 is 20.1 Å². The lowest BCUT2D eigenvalue weighted by Crippen LogP contribution is -2.32. The van der Waals surface area contributed by atoms with Crippen molar-refractivity contribution in [2.45, 2.75) is 6.18 Å². The molecule has 2 N–H and O–H groups in total. The average molecular weight is 372 g/mol. The van der Waals surface area contributed by atoms with E-state index in [1.54, 1.807) is 30.3 Å². The molecule has 0 spiro atoms. The number of benzene rings is 1. The van der Waals surface area contributed by atoms with Crippen LogP contribution in [-0.4, -0.2) is 35.3 Å². The fourth-order valence-corrected chi connectivity index (χ4v) is 1.89. The maximum Gasteiger partial charge on any atom is 0.433 e. The average Bonchev–Trinajstić information content (AvgIpc) is 2.55. The maximum absolute atomic E-state index is 13.0. The van der Waals surface area contributed by atoms with Gasteiger partial charge >= 0.3 is 6.18 Å². The van der Waals surface area contributed by atoms with Crippen LogP contribution < -0.4 is 15.4 Å². The fourth-order valence-electron chi connectivity index (χ4n) is 1.70. The summed E-state index contributed by atoms with van der Waals surface area (Å²) in [4.78, 5) is 7.34. The largest absolute Gasteiger partial charge is 0.439 e. The molecule has 0 aliphatic rings. The number of ether oxygens (including phenoxy) is 2. The molecule has 1 aromatic heterocycles. The molecule has 0 bridgehead atoms. The predicted molar refractivity (Wildman–Crippen MR) is 89.6 cm³/mol. The van der Waals surface area contributed by atoms with Gasteiger partial charge in [0.1, 0.15) is 5.75 Å². The minimum absolute atomic E-state index is 0.0713. The topological polar surface area (TPSA) is 68.3 Å². The van der Waals surface area contributed by atoms with Crippen molar-refractivity contribution in [2.75, 3.05) is 25.6 Å². The summed E-state index contributed by atoms with van der Waals surface area (Å²) in [6, 6.07) is 9.05. The Labute approximate surface area is 147 Å². The summed E-state index contributed by atoms with van der Waals surface area (Å²) in [7, 11) is 1.52. The Bertz CT molecular complexity index is 714. The van der Waals surface area contributed by atoms with Crippen molar-refractivity contribution in [3.8, 4) is 11.6 Å². The number of hydrogen-bond donors (Lipinski definition) is 2. The molecule has 25 heavy (non-hydrogen) atoms. The summed E-state index contributed by atoms with van der Waals surface area (Å²) in [5, 5.41) is 5.33. The van der Waals surface area contributed by atoms with Crippen molar-refractivity contribution in [2.24, 2.45) is 0 Å². The first-order chi connectivity index (χ1) is 11.9. The van der Waals surface area contributed by atoms with Crippen molar-refractivity contribution in [1.29, 1.82) is 0 Å². The number of para-hydroxylation sites is 1. The van der Waals surface area contributed by atoms with E-state index in [0.717, 1.165) is 6.07 Å². The molecule has 0 atom stereocenters. The molecule has 0 amide bonds. The molecule has 0 radical (unpaired) electrons. The van der Waals surface area contributed by atoms with Gasteiger partial charge in [-0.1, -0.05) is 18.2 Å². The van der Waals surface area contributed by atoms with E-state index in [0.29, 0.717) is 18.9 Å². The molecule has 1 heterocycles. The van der Waals surface area contributed by atoms with Crippen LogP contribution in [0, 0.1) is 0 Å². The quantitative estimate of drug-likeness (QED) is 0.596. The molecular formula is C15H15F3N4O2S. The monoisotopic (exact) mass is 372 g/mol. The number of nitrogens with zero attached hydrogens (tertiary/aromatic N) is 2. The van der Waals surface area contributed by atoms with Gasteiger partial charge in [0, 0.05) is 19.7 Å². The van der Waals surface area contributed by atoms with Gasteiger partial charge in [-0.05, 0) is 24.4 Å². The van der Waals surface area contributed by atoms with Crippen molar-refractivity contribution >= 4 is 23.3 Å². The first kappa shape index (κ1) is 18.9. The van der Waals surface area contributed by atoms with Gasteiger partial charge in [0.2, 0.25) is 11.8 Å². The molecule has 1 aromatic carbocycles. The van der Waals surface area contributed by atoms with E-state index in [9.17, 15) is 13.2 Å². The Morgan fingerprint density at radius 1 is 1.20 bits per heavy atom. The number of thiocarbonyl (C=S) groups is 1. The zero-order valence-corrected chi connectivity index (χ0v) is 13.9. The number of alkyl halides is 3. The predicted octanol–water partition coefficient (Wildman–Crippen LogP) is 3.22. The van der Waals surface area contributed by atoms with Crippen LogP contribution in [-0.2, 0) is 10.9 Å². The smallest absolute Gasteiger partial charge is 0.433 e. The van der Waals surface area contributed by atoms with Crippen LogP contribution in [0.3, 0.4) is 0 Å². The Hall–Kier alpha value is -2.46. The minimum Gasteiger partial charge on any atom is -0.439 e. The van der Waals surface area contributed by atoms with Gasteiger partial charge in [-0.3, -0.25) is 0 Å². The van der Waals surface area contributed by atoms with Gasteiger partial charge in [-0.25, -0.2) is 4.98 Å². The van der Waals surface area contributed by atoms with Gasteiger partial charge in [0.05, 0.1) is 6.61 Å². The lowest BCUT2D eigenvalue weighted by molar-refractivity contribution is -0.141. The SMILES string of the molecule is COCCNC(=S)Nc1nc(Oc2ccccc2)cc(C(F)(F)F)n1. The first-order valence-corrected chi connectivity index (χ1v) is 7.52. The summed E-state index contributed by atoms with van der Waals surface area (Å²) in [5.74, 6) is -0.229. The number of hydrogen-bond acceptors (Lipinski definition) is 5. The standard InChI is InChI=1S/C15H15F3N4O2S/c1-23-8-7-19-14(25)22-13-20-11(15(16,17)18)9-12(21-13)24-10-5-3-2-4-6-10/h2-6,9H,7-8H2,1H3,(H2,19,20,21,22,25). The summed E-state index contributed by atoms with van der Waals surface area (Å²) in [6.45, 7) is 0.766. The summed E-state index contributed by atoms with van der Waals surface area (Å²) < 4.78 is 49.3. The molecule has 0 aliphatic carbocycles. The molecule has 0 saturated carbocycles. The number of nitrogens with one attached hydrogen (secondary N) is 2. The second kappa shape index (κ2) is 8.58. The van der Waals surface area contributed by atoms with E-state index < -0.39 is 11.9 Å². The van der Waals surface area contributed by atoms with E-state index in [1.165, 1.54) is 7.11 Å². The lowest BCUT2D eigenvalue weighted by Gasteiger charge is -2.13. The minimum atomic E-state index is -4.65. The van der Waals surface area contributed by atoms with Crippen molar-refractivity contribution in [3.05, 3.63) is 42.1 Å². The second-order valence-electron chi connectivity index (χ2n) is 4.70. The van der Waals surface area contributed by atoms with Gasteiger partial charge in [-0.15, -0.1) is 0 Å². The highest BCUT2D eigenvalue weighted by molar-refractivity contribution is 7.80. The molecule has 0 unspecified atom stereocenters. The molecular weight excluding hydrogens is 357 g/mol. The van der Waals surface area contributed by atoms with Crippen molar-refractivity contribution in [3.63, 3.8) is 0 Å². The van der Waals surface area contributed by atoms with Gasteiger partial charge in [0.25, 0.3) is 0 Å². The van der Waals surface area contributed by atoms with Crippen molar-refractivity contribution < 1.29 is 22.6 Å². The van der Waals surface area contributed by atoms with E-state index in [1.807, 2.05) is 0 Å².